The molecule has 1 atom stereocenters. The molecule has 11 heteroatoms. The van der Waals surface area contributed by atoms with E-state index in [0.29, 0.717) is 6.07 Å². The second kappa shape index (κ2) is 7.78. The van der Waals surface area contributed by atoms with Gasteiger partial charge < -0.3 is 10.1 Å². The first-order valence-corrected chi connectivity index (χ1v) is 7.65. The number of hydrogen-bond acceptors (Lipinski definition) is 4. The van der Waals surface area contributed by atoms with E-state index in [4.69, 9.17) is 16.3 Å². The number of amides is 1. The lowest BCUT2D eigenvalue weighted by Gasteiger charge is -2.16. The molecule has 2 rings (SSSR count). The number of nitrogens with zero attached hydrogens (tertiary/aromatic N) is 1. The maximum atomic E-state index is 13.3. The van der Waals surface area contributed by atoms with Crippen LogP contribution in [0.3, 0.4) is 0 Å². The van der Waals surface area contributed by atoms with Crippen LogP contribution in [0.1, 0.15) is 12.5 Å². The zero-order chi connectivity index (χ0) is 20.4. The predicted molar refractivity (Wildman–Crippen MR) is 88.2 cm³/mol. The third kappa shape index (κ3) is 5.07. The van der Waals surface area contributed by atoms with Crippen molar-refractivity contribution in [1.82, 2.24) is 0 Å². The molecule has 2 aromatic rings. The average molecular weight is 407 g/mol. The lowest BCUT2D eigenvalue weighted by Crippen LogP contribution is -2.30. The maximum Gasteiger partial charge on any atom is 0.417 e. The number of alkyl halides is 3. The van der Waals surface area contributed by atoms with Crippen molar-refractivity contribution in [3.63, 3.8) is 0 Å². The summed E-state index contributed by atoms with van der Waals surface area (Å²) in [5.41, 5.74) is -1.92. The highest BCUT2D eigenvalue weighted by Crippen LogP contribution is 2.36. The standard InChI is InChI=1S/C16H11ClF4N2O4/c1-8(27-14-6-9(18)2-5-13(14)23(25)26)15(24)22-10-3-4-12(17)11(7-10)16(19,20)21/h2-8H,1H3,(H,22,24). The van der Waals surface area contributed by atoms with E-state index in [1.54, 1.807) is 0 Å². The van der Waals surface area contributed by atoms with Crippen molar-refractivity contribution < 1.29 is 32.0 Å². The molecule has 0 aromatic heterocycles. The van der Waals surface area contributed by atoms with Gasteiger partial charge in [-0.1, -0.05) is 11.6 Å². The molecule has 144 valence electrons. The van der Waals surface area contributed by atoms with Crippen molar-refractivity contribution in [1.29, 1.82) is 0 Å². The summed E-state index contributed by atoms with van der Waals surface area (Å²) in [6.45, 7) is 1.20. The topological polar surface area (TPSA) is 81.5 Å². The summed E-state index contributed by atoms with van der Waals surface area (Å²) in [6.07, 6.45) is -6.09. The van der Waals surface area contributed by atoms with Gasteiger partial charge in [0.15, 0.2) is 6.10 Å². The van der Waals surface area contributed by atoms with Crippen LogP contribution in [-0.4, -0.2) is 16.9 Å². The zero-order valence-electron chi connectivity index (χ0n) is 13.5. The first-order valence-electron chi connectivity index (χ1n) is 7.27. The van der Waals surface area contributed by atoms with Crippen LogP contribution in [0.25, 0.3) is 0 Å². The van der Waals surface area contributed by atoms with Crippen molar-refractivity contribution in [3.8, 4) is 5.75 Å². The number of halogens is 5. The Morgan fingerprint density at radius 2 is 1.93 bits per heavy atom. The predicted octanol–water partition coefficient (Wildman–Crippen LogP) is 4.81. The molecule has 0 saturated carbocycles. The summed E-state index contributed by atoms with van der Waals surface area (Å²) >= 11 is 5.49. The molecule has 0 aliphatic heterocycles. The van der Waals surface area contributed by atoms with Crippen LogP contribution in [0.2, 0.25) is 5.02 Å². The van der Waals surface area contributed by atoms with Gasteiger partial charge in [-0.15, -0.1) is 0 Å². The molecule has 0 bridgehead atoms. The summed E-state index contributed by atoms with van der Waals surface area (Å²) in [4.78, 5) is 22.2. The van der Waals surface area contributed by atoms with E-state index < -0.39 is 51.0 Å². The van der Waals surface area contributed by atoms with E-state index in [-0.39, 0.29) is 5.69 Å². The Kier molecular flexibility index (Phi) is 5.89. The molecule has 2 aromatic carbocycles. The number of nitrogens with one attached hydrogen (secondary N) is 1. The first-order chi connectivity index (χ1) is 12.5. The molecule has 0 heterocycles. The van der Waals surface area contributed by atoms with E-state index in [9.17, 15) is 32.5 Å². The molecule has 1 unspecified atom stereocenters. The monoisotopic (exact) mass is 406 g/mol. The lowest BCUT2D eigenvalue weighted by molar-refractivity contribution is -0.386. The number of ether oxygens (including phenoxy) is 1. The van der Waals surface area contributed by atoms with Crippen molar-refractivity contribution in [2.45, 2.75) is 19.2 Å². The normalized spacial score (nSPS) is 12.4. The number of nitro groups is 1. The summed E-state index contributed by atoms with van der Waals surface area (Å²) in [5, 5.41) is 12.6. The van der Waals surface area contributed by atoms with E-state index in [1.165, 1.54) is 6.92 Å². The molecule has 27 heavy (non-hydrogen) atoms. The Labute approximate surface area is 154 Å². The summed E-state index contributed by atoms with van der Waals surface area (Å²) in [7, 11) is 0. The van der Waals surface area contributed by atoms with Gasteiger partial charge in [-0.3, -0.25) is 14.9 Å². The maximum absolute atomic E-state index is 13.3. The fourth-order valence-corrected chi connectivity index (χ4v) is 2.27. The molecular weight excluding hydrogens is 396 g/mol. The molecule has 0 radical (unpaired) electrons. The highest BCUT2D eigenvalue weighted by Gasteiger charge is 2.33. The van der Waals surface area contributed by atoms with Gasteiger partial charge in [-0.2, -0.15) is 13.2 Å². The van der Waals surface area contributed by atoms with Gasteiger partial charge >= 0.3 is 11.9 Å². The molecule has 0 aliphatic rings. The van der Waals surface area contributed by atoms with Crippen LogP contribution in [0.4, 0.5) is 28.9 Å². The Balaban J connectivity index is 2.18. The Morgan fingerprint density at radius 1 is 1.26 bits per heavy atom. The number of hydrogen-bond donors (Lipinski definition) is 1. The molecule has 6 nitrogen and oxygen atoms in total. The van der Waals surface area contributed by atoms with Crippen LogP contribution < -0.4 is 10.1 Å². The van der Waals surface area contributed by atoms with Gasteiger partial charge in [0.2, 0.25) is 5.75 Å². The second-order valence-corrected chi connectivity index (χ2v) is 5.72. The number of carbonyl (C=O) groups excluding carboxylic acids is 1. The van der Waals surface area contributed by atoms with Crippen LogP contribution in [-0.2, 0) is 11.0 Å². The van der Waals surface area contributed by atoms with Gasteiger partial charge in [-0.05, 0) is 31.2 Å². The van der Waals surface area contributed by atoms with E-state index in [0.717, 1.165) is 30.3 Å². The minimum Gasteiger partial charge on any atom is -0.474 e. The SMILES string of the molecule is CC(Oc1cc(F)ccc1[N+](=O)[O-])C(=O)Nc1ccc(Cl)c(C(F)(F)F)c1. The Morgan fingerprint density at radius 3 is 2.52 bits per heavy atom. The first kappa shape index (κ1) is 20.4. The zero-order valence-corrected chi connectivity index (χ0v) is 14.3. The quantitative estimate of drug-likeness (QED) is 0.439. The molecule has 0 saturated heterocycles. The van der Waals surface area contributed by atoms with E-state index in [1.807, 2.05) is 0 Å². The number of rotatable bonds is 5. The van der Waals surface area contributed by atoms with Crippen molar-refractivity contribution >= 4 is 28.9 Å². The molecule has 1 N–H and O–H groups in total. The van der Waals surface area contributed by atoms with E-state index in [2.05, 4.69) is 5.32 Å². The van der Waals surface area contributed by atoms with Gasteiger partial charge in [0.1, 0.15) is 5.82 Å². The highest BCUT2D eigenvalue weighted by atomic mass is 35.5. The van der Waals surface area contributed by atoms with Gasteiger partial charge in [0, 0.05) is 17.8 Å². The highest BCUT2D eigenvalue weighted by molar-refractivity contribution is 6.31. The number of carbonyl (C=O) groups is 1. The third-order valence-corrected chi connectivity index (χ3v) is 3.66. The molecule has 0 fully saturated rings. The van der Waals surface area contributed by atoms with Gasteiger partial charge in [-0.25, -0.2) is 4.39 Å². The summed E-state index contributed by atoms with van der Waals surface area (Å²) in [5.74, 6) is -2.21. The number of benzene rings is 2. The average Bonchev–Trinajstić information content (AvgIpc) is 2.55. The lowest BCUT2D eigenvalue weighted by atomic mass is 10.2. The largest absolute Gasteiger partial charge is 0.474 e. The minimum atomic E-state index is -4.72. The van der Waals surface area contributed by atoms with Crippen molar-refractivity contribution in [2.24, 2.45) is 0 Å². The molecule has 0 spiro atoms. The summed E-state index contributed by atoms with van der Waals surface area (Å²) in [6, 6.07) is 5.19. The number of anilines is 1. The van der Waals surface area contributed by atoms with Crippen LogP contribution in [0, 0.1) is 15.9 Å². The number of nitro benzene ring substituents is 1. The van der Waals surface area contributed by atoms with Crippen molar-refractivity contribution in [3.05, 3.63) is 62.9 Å². The van der Waals surface area contributed by atoms with Crippen molar-refractivity contribution in [2.75, 3.05) is 5.32 Å². The van der Waals surface area contributed by atoms with Crippen LogP contribution in [0.15, 0.2) is 36.4 Å². The fraction of sp³-hybridized carbons (Fsp3) is 0.188. The van der Waals surface area contributed by atoms with Crippen LogP contribution >= 0.6 is 11.6 Å². The smallest absolute Gasteiger partial charge is 0.417 e. The Hall–Kier alpha value is -2.88. The molecular formula is C16H11ClF4N2O4. The van der Waals surface area contributed by atoms with Crippen LogP contribution in [0.5, 0.6) is 5.75 Å². The Bertz CT molecular complexity index is 889. The third-order valence-electron chi connectivity index (χ3n) is 3.33. The minimum absolute atomic E-state index is 0.207. The van der Waals surface area contributed by atoms with Gasteiger partial charge in [0.25, 0.3) is 5.91 Å². The molecule has 0 aliphatic carbocycles. The van der Waals surface area contributed by atoms with Gasteiger partial charge in [0.05, 0.1) is 15.5 Å². The second-order valence-electron chi connectivity index (χ2n) is 5.31. The molecule has 1 amide bonds. The van der Waals surface area contributed by atoms with E-state index >= 15 is 0 Å². The fourth-order valence-electron chi connectivity index (χ4n) is 2.04. The summed E-state index contributed by atoms with van der Waals surface area (Å²) < 4.78 is 56.9.